The van der Waals surface area contributed by atoms with Crippen LogP contribution in [0.1, 0.15) is 33.3 Å². The molecule has 0 aliphatic carbocycles. The molecular weight excluding hydrogens is 208 g/mol. The van der Waals surface area contributed by atoms with E-state index < -0.39 is 0 Å². The van der Waals surface area contributed by atoms with Gasteiger partial charge in [0.2, 0.25) is 0 Å². The standard InChI is InChI=1S/C16H22O/c1-12-14(10-13-8-6-5-7-9-13)11-17-15(12)16(2,3)4/h5-10,12,15H,11H2,1-4H3/b14-10+/t12-,15-/m1/s1. The van der Waals surface area contributed by atoms with E-state index in [1.807, 2.05) is 0 Å². The molecule has 1 nitrogen and oxygen atoms in total. The summed E-state index contributed by atoms with van der Waals surface area (Å²) in [5, 5.41) is 0. The zero-order valence-corrected chi connectivity index (χ0v) is 11.2. The predicted octanol–water partition coefficient (Wildman–Crippen LogP) is 4.15. The fourth-order valence-corrected chi connectivity index (χ4v) is 2.59. The first-order chi connectivity index (χ1) is 7.98. The van der Waals surface area contributed by atoms with E-state index in [4.69, 9.17) is 4.74 Å². The Morgan fingerprint density at radius 2 is 1.82 bits per heavy atom. The van der Waals surface area contributed by atoms with Crippen LogP contribution in [0.15, 0.2) is 35.9 Å². The Bertz CT molecular complexity index is 397. The number of ether oxygens (including phenoxy) is 1. The fraction of sp³-hybridized carbons (Fsp3) is 0.500. The molecule has 92 valence electrons. The van der Waals surface area contributed by atoms with Crippen LogP contribution in [0.4, 0.5) is 0 Å². The van der Waals surface area contributed by atoms with Gasteiger partial charge in [-0.25, -0.2) is 0 Å². The number of rotatable bonds is 1. The van der Waals surface area contributed by atoms with Crippen LogP contribution >= 0.6 is 0 Å². The topological polar surface area (TPSA) is 9.23 Å². The second-order valence-corrected chi connectivity index (χ2v) is 6.02. The average Bonchev–Trinajstić information content (AvgIpc) is 2.61. The van der Waals surface area contributed by atoms with Crippen LogP contribution in [0.5, 0.6) is 0 Å². The fourth-order valence-electron chi connectivity index (χ4n) is 2.59. The number of benzene rings is 1. The third kappa shape index (κ3) is 2.78. The van der Waals surface area contributed by atoms with Crippen LogP contribution in [0.25, 0.3) is 6.08 Å². The maximum absolute atomic E-state index is 5.95. The molecule has 0 bridgehead atoms. The summed E-state index contributed by atoms with van der Waals surface area (Å²) in [7, 11) is 0. The lowest BCUT2D eigenvalue weighted by molar-refractivity contribution is 0.0106. The Morgan fingerprint density at radius 1 is 1.18 bits per heavy atom. The van der Waals surface area contributed by atoms with Gasteiger partial charge in [-0.05, 0) is 16.6 Å². The molecule has 1 fully saturated rings. The first-order valence-corrected chi connectivity index (χ1v) is 6.35. The van der Waals surface area contributed by atoms with Gasteiger partial charge in [0.25, 0.3) is 0 Å². The molecule has 1 aromatic carbocycles. The largest absolute Gasteiger partial charge is 0.373 e. The molecule has 1 aliphatic rings. The van der Waals surface area contributed by atoms with E-state index in [9.17, 15) is 0 Å². The lowest BCUT2D eigenvalue weighted by atomic mass is 9.80. The Kier molecular flexibility index (Phi) is 3.39. The Balaban J connectivity index is 2.18. The van der Waals surface area contributed by atoms with Crippen LogP contribution < -0.4 is 0 Å². The molecule has 17 heavy (non-hydrogen) atoms. The maximum Gasteiger partial charge on any atom is 0.0691 e. The number of hydrogen-bond donors (Lipinski definition) is 0. The molecule has 1 heteroatoms. The minimum absolute atomic E-state index is 0.214. The highest BCUT2D eigenvalue weighted by atomic mass is 16.5. The molecule has 0 aromatic heterocycles. The Morgan fingerprint density at radius 3 is 2.35 bits per heavy atom. The van der Waals surface area contributed by atoms with Gasteiger partial charge in [-0.15, -0.1) is 0 Å². The van der Waals surface area contributed by atoms with Crippen molar-refractivity contribution >= 4 is 6.08 Å². The van der Waals surface area contributed by atoms with E-state index in [2.05, 4.69) is 64.1 Å². The minimum Gasteiger partial charge on any atom is -0.373 e. The first-order valence-electron chi connectivity index (χ1n) is 6.35. The molecule has 0 amide bonds. The van der Waals surface area contributed by atoms with Crippen molar-refractivity contribution in [2.24, 2.45) is 11.3 Å². The van der Waals surface area contributed by atoms with Crippen molar-refractivity contribution in [3.8, 4) is 0 Å². The highest BCUT2D eigenvalue weighted by Crippen LogP contribution is 2.37. The van der Waals surface area contributed by atoms with E-state index in [1.165, 1.54) is 11.1 Å². The lowest BCUT2D eigenvalue weighted by Crippen LogP contribution is -2.30. The SMILES string of the molecule is C[C@@H]1/C(=C/c2ccccc2)CO[C@H]1C(C)(C)C. The predicted molar refractivity (Wildman–Crippen MR) is 72.8 cm³/mol. The summed E-state index contributed by atoms with van der Waals surface area (Å²) < 4.78 is 5.95. The molecule has 2 rings (SSSR count). The van der Waals surface area contributed by atoms with Gasteiger partial charge in [-0.2, -0.15) is 0 Å². The van der Waals surface area contributed by atoms with Gasteiger partial charge in [0, 0.05) is 5.92 Å². The van der Waals surface area contributed by atoms with Crippen LogP contribution in [-0.4, -0.2) is 12.7 Å². The smallest absolute Gasteiger partial charge is 0.0691 e. The zero-order valence-electron chi connectivity index (χ0n) is 11.2. The first kappa shape index (κ1) is 12.4. The van der Waals surface area contributed by atoms with Crippen molar-refractivity contribution in [3.05, 3.63) is 41.5 Å². The molecule has 1 aromatic rings. The molecule has 0 unspecified atom stereocenters. The van der Waals surface area contributed by atoms with Crippen LogP contribution in [-0.2, 0) is 4.74 Å². The van der Waals surface area contributed by atoms with Gasteiger partial charge >= 0.3 is 0 Å². The van der Waals surface area contributed by atoms with E-state index in [0.717, 1.165) is 6.61 Å². The highest BCUT2D eigenvalue weighted by Gasteiger charge is 2.37. The quantitative estimate of drug-likeness (QED) is 0.704. The van der Waals surface area contributed by atoms with Gasteiger partial charge in [0.05, 0.1) is 12.7 Å². The summed E-state index contributed by atoms with van der Waals surface area (Å²) in [5.41, 5.74) is 2.90. The van der Waals surface area contributed by atoms with Gasteiger partial charge in [-0.3, -0.25) is 0 Å². The van der Waals surface area contributed by atoms with Crippen molar-refractivity contribution < 1.29 is 4.74 Å². The second-order valence-electron chi connectivity index (χ2n) is 6.02. The molecule has 1 saturated heterocycles. The molecule has 0 radical (unpaired) electrons. The monoisotopic (exact) mass is 230 g/mol. The van der Waals surface area contributed by atoms with Gasteiger partial charge in [0.15, 0.2) is 0 Å². The summed E-state index contributed by atoms with van der Waals surface area (Å²) in [6.07, 6.45) is 2.61. The summed E-state index contributed by atoms with van der Waals surface area (Å²) in [6.45, 7) is 9.80. The van der Waals surface area contributed by atoms with E-state index in [1.54, 1.807) is 0 Å². The summed E-state index contributed by atoms with van der Waals surface area (Å²) >= 11 is 0. The lowest BCUT2D eigenvalue weighted by Gasteiger charge is -2.29. The molecule has 0 N–H and O–H groups in total. The van der Waals surface area contributed by atoms with E-state index in [-0.39, 0.29) is 5.41 Å². The molecule has 0 saturated carbocycles. The minimum atomic E-state index is 0.214. The molecule has 2 atom stereocenters. The third-order valence-electron chi connectivity index (χ3n) is 3.47. The number of hydrogen-bond acceptors (Lipinski definition) is 1. The average molecular weight is 230 g/mol. The van der Waals surface area contributed by atoms with Crippen LogP contribution in [0, 0.1) is 11.3 Å². The van der Waals surface area contributed by atoms with Crippen molar-refractivity contribution in [2.75, 3.05) is 6.61 Å². The normalized spacial score (nSPS) is 27.6. The Hall–Kier alpha value is -1.08. The Labute approximate surface area is 104 Å². The van der Waals surface area contributed by atoms with Crippen LogP contribution in [0.3, 0.4) is 0 Å². The van der Waals surface area contributed by atoms with Crippen molar-refractivity contribution in [2.45, 2.75) is 33.8 Å². The molecule has 0 spiro atoms. The second kappa shape index (κ2) is 4.66. The van der Waals surface area contributed by atoms with Gasteiger partial charge in [-0.1, -0.05) is 64.1 Å². The van der Waals surface area contributed by atoms with Gasteiger partial charge < -0.3 is 4.74 Å². The summed E-state index contributed by atoms with van der Waals surface area (Å²) in [5.74, 6) is 0.509. The third-order valence-corrected chi connectivity index (χ3v) is 3.47. The molecular formula is C16H22O. The summed E-state index contributed by atoms with van der Waals surface area (Å²) in [4.78, 5) is 0. The van der Waals surface area contributed by atoms with Crippen molar-refractivity contribution in [1.29, 1.82) is 0 Å². The van der Waals surface area contributed by atoms with Gasteiger partial charge in [0.1, 0.15) is 0 Å². The van der Waals surface area contributed by atoms with E-state index in [0.29, 0.717) is 12.0 Å². The molecule has 1 aliphatic heterocycles. The maximum atomic E-state index is 5.95. The van der Waals surface area contributed by atoms with Crippen molar-refractivity contribution in [1.82, 2.24) is 0 Å². The van der Waals surface area contributed by atoms with Crippen molar-refractivity contribution in [3.63, 3.8) is 0 Å². The summed E-state index contributed by atoms with van der Waals surface area (Å²) in [6, 6.07) is 10.5. The zero-order chi connectivity index (χ0) is 12.5. The van der Waals surface area contributed by atoms with E-state index >= 15 is 0 Å². The molecule has 1 heterocycles. The van der Waals surface area contributed by atoms with Crippen LogP contribution in [0.2, 0.25) is 0 Å². The highest BCUT2D eigenvalue weighted by molar-refractivity contribution is 5.54.